The van der Waals surface area contributed by atoms with Gasteiger partial charge in [-0.05, 0) is 23.6 Å². The minimum absolute atomic E-state index is 0.155. The van der Waals surface area contributed by atoms with Gasteiger partial charge >= 0.3 is 0 Å². The summed E-state index contributed by atoms with van der Waals surface area (Å²) in [5, 5.41) is 0. The van der Waals surface area contributed by atoms with Gasteiger partial charge in [-0.3, -0.25) is 14.5 Å². The summed E-state index contributed by atoms with van der Waals surface area (Å²) >= 11 is 0. The first-order valence-corrected chi connectivity index (χ1v) is 10.1. The third-order valence-electron chi connectivity index (χ3n) is 4.63. The van der Waals surface area contributed by atoms with Crippen LogP contribution >= 0.6 is 0 Å². The van der Waals surface area contributed by atoms with Crippen LogP contribution in [0.15, 0.2) is 42.6 Å². The van der Waals surface area contributed by atoms with Gasteiger partial charge in [-0.25, -0.2) is 0 Å². The van der Waals surface area contributed by atoms with Gasteiger partial charge in [0.05, 0.1) is 25.4 Å². The summed E-state index contributed by atoms with van der Waals surface area (Å²) in [7, 11) is 3.20. The molecule has 7 nitrogen and oxygen atoms in total. The maximum Gasteiger partial charge on any atom is 0.278 e. The molecule has 0 spiro atoms. The zero-order valence-electron chi connectivity index (χ0n) is 18.3. The van der Waals surface area contributed by atoms with Gasteiger partial charge in [0.25, 0.3) is 11.8 Å². The number of amides is 2. The molecule has 2 rings (SSSR count). The zero-order chi connectivity index (χ0) is 22.1. The Balaban J connectivity index is 2.44. The standard InChI is InChI=1S/C23H32N2O5/c1-6-11-25-22(26)20(18-7-9-19(10-8-18)30-16-17(2)3)21(23(25)27)24(12-14-28-4)13-15-29-5/h6-10,17H,1,11-16H2,2-5H3. The van der Waals surface area contributed by atoms with Gasteiger partial charge in [-0.1, -0.05) is 32.1 Å². The van der Waals surface area contributed by atoms with Gasteiger partial charge in [-0.2, -0.15) is 0 Å². The number of nitrogens with zero attached hydrogens (tertiary/aromatic N) is 2. The molecule has 7 heteroatoms. The Morgan fingerprint density at radius 3 is 2.13 bits per heavy atom. The van der Waals surface area contributed by atoms with E-state index in [0.29, 0.717) is 55.7 Å². The van der Waals surface area contributed by atoms with Crippen LogP contribution < -0.4 is 4.74 Å². The maximum absolute atomic E-state index is 13.2. The fourth-order valence-corrected chi connectivity index (χ4v) is 3.13. The summed E-state index contributed by atoms with van der Waals surface area (Å²) in [6.07, 6.45) is 1.55. The fraction of sp³-hybridized carbons (Fsp3) is 0.478. The van der Waals surface area contributed by atoms with Gasteiger partial charge in [0.1, 0.15) is 11.4 Å². The first-order chi connectivity index (χ1) is 14.4. The predicted molar refractivity (Wildman–Crippen MR) is 116 cm³/mol. The molecule has 0 fully saturated rings. The van der Waals surface area contributed by atoms with Crippen LogP contribution in [-0.4, -0.2) is 75.3 Å². The minimum atomic E-state index is -0.331. The van der Waals surface area contributed by atoms with E-state index in [0.717, 1.165) is 5.75 Å². The molecule has 0 aliphatic carbocycles. The number of carbonyl (C=O) groups is 2. The van der Waals surface area contributed by atoms with E-state index in [-0.39, 0.29) is 18.4 Å². The normalized spacial score (nSPS) is 14.1. The molecule has 1 aromatic rings. The first-order valence-electron chi connectivity index (χ1n) is 10.1. The summed E-state index contributed by atoms with van der Waals surface area (Å²) in [4.78, 5) is 29.4. The van der Waals surface area contributed by atoms with E-state index in [4.69, 9.17) is 14.2 Å². The van der Waals surface area contributed by atoms with Crippen LogP contribution in [-0.2, 0) is 19.1 Å². The summed E-state index contributed by atoms with van der Waals surface area (Å²) in [5.74, 6) is 0.480. The molecule has 0 atom stereocenters. The lowest BCUT2D eigenvalue weighted by atomic mass is 10.0. The van der Waals surface area contributed by atoms with Crippen LogP contribution in [0, 0.1) is 5.92 Å². The van der Waals surface area contributed by atoms with E-state index in [9.17, 15) is 9.59 Å². The third kappa shape index (κ3) is 5.70. The maximum atomic E-state index is 13.2. The van der Waals surface area contributed by atoms with Gasteiger partial charge in [0, 0.05) is 33.9 Å². The molecule has 0 aromatic heterocycles. The van der Waals surface area contributed by atoms with Crippen LogP contribution in [0.2, 0.25) is 0 Å². The van der Waals surface area contributed by atoms with Gasteiger partial charge < -0.3 is 19.1 Å². The third-order valence-corrected chi connectivity index (χ3v) is 4.63. The smallest absolute Gasteiger partial charge is 0.278 e. The molecular formula is C23H32N2O5. The number of carbonyl (C=O) groups excluding carboxylic acids is 2. The van der Waals surface area contributed by atoms with Crippen LogP contribution in [0.4, 0.5) is 0 Å². The highest BCUT2D eigenvalue weighted by Gasteiger charge is 2.40. The van der Waals surface area contributed by atoms with E-state index >= 15 is 0 Å². The minimum Gasteiger partial charge on any atom is -0.493 e. The number of imide groups is 1. The largest absolute Gasteiger partial charge is 0.493 e. The molecular weight excluding hydrogens is 384 g/mol. The van der Waals surface area contributed by atoms with Crippen molar-refractivity contribution in [2.24, 2.45) is 5.92 Å². The van der Waals surface area contributed by atoms with Crippen LogP contribution in [0.25, 0.3) is 5.57 Å². The van der Waals surface area contributed by atoms with Gasteiger partial charge in [0.2, 0.25) is 0 Å². The summed E-state index contributed by atoms with van der Waals surface area (Å²) in [5.41, 5.74) is 1.42. The lowest BCUT2D eigenvalue weighted by Gasteiger charge is -2.25. The highest BCUT2D eigenvalue weighted by atomic mass is 16.5. The van der Waals surface area contributed by atoms with Crippen LogP contribution in [0.5, 0.6) is 5.75 Å². The molecule has 0 radical (unpaired) electrons. The van der Waals surface area contributed by atoms with Crippen molar-refractivity contribution < 1.29 is 23.8 Å². The number of ether oxygens (including phenoxy) is 3. The topological polar surface area (TPSA) is 68.3 Å². The second-order valence-corrected chi connectivity index (χ2v) is 7.44. The van der Waals surface area contributed by atoms with Crippen molar-refractivity contribution in [3.05, 3.63) is 48.2 Å². The molecule has 0 unspecified atom stereocenters. The number of methoxy groups -OCH3 is 2. The molecule has 30 heavy (non-hydrogen) atoms. The Labute approximate surface area is 178 Å². The van der Waals surface area contributed by atoms with Crippen molar-refractivity contribution in [2.45, 2.75) is 13.8 Å². The fourth-order valence-electron chi connectivity index (χ4n) is 3.13. The molecule has 0 N–H and O–H groups in total. The summed E-state index contributed by atoms with van der Waals surface area (Å²) in [6.45, 7) is 10.4. The van der Waals surface area contributed by atoms with E-state index in [1.165, 1.54) is 4.90 Å². The second-order valence-electron chi connectivity index (χ2n) is 7.44. The van der Waals surface area contributed by atoms with Crippen molar-refractivity contribution in [3.63, 3.8) is 0 Å². The van der Waals surface area contributed by atoms with Crippen LogP contribution in [0.3, 0.4) is 0 Å². The lowest BCUT2D eigenvalue weighted by molar-refractivity contribution is -0.137. The second kappa shape index (κ2) is 11.5. The Morgan fingerprint density at radius 1 is 1.03 bits per heavy atom. The number of hydrogen-bond donors (Lipinski definition) is 0. The molecule has 2 amide bonds. The van der Waals surface area contributed by atoms with E-state index in [2.05, 4.69) is 20.4 Å². The van der Waals surface area contributed by atoms with E-state index in [1.54, 1.807) is 20.3 Å². The first kappa shape index (κ1) is 23.6. The molecule has 1 aromatic carbocycles. The van der Waals surface area contributed by atoms with Crippen molar-refractivity contribution in [3.8, 4) is 5.75 Å². The summed E-state index contributed by atoms with van der Waals surface area (Å²) < 4.78 is 16.1. The zero-order valence-corrected chi connectivity index (χ0v) is 18.3. The predicted octanol–water partition coefficient (Wildman–Crippen LogP) is 2.58. The Bertz CT molecular complexity index is 762. The number of rotatable bonds is 13. The molecule has 0 saturated carbocycles. The quantitative estimate of drug-likeness (QED) is 0.364. The highest BCUT2D eigenvalue weighted by Crippen LogP contribution is 2.32. The monoisotopic (exact) mass is 416 g/mol. The molecule has 1 aliphatic heterocycles. The average Bonchev–Trinajstić information content (AvgIpc) is 2.98. The highest BCUT2D eigenvalue weighted by molar-refractivity contribution is 6.35. The van der Waals surface area contributed by atoms with Crippen molar-refractivity contribution in [1.82, 2.24) is 9.80 Å². The molecule has 164 valence electrons. The number of hydrogen-bond acceptors (Lipinski definition) is 6. The molecule has 1 heterocycles. The van der Waals surface area contributed by atoms with Crippen LogP contribution in [0.1, 0.15) is 19.4 Å². The van der Waals surface area contributed by atoms with Crippen molar-refractivity contribution in [1.29, 1.82) is 0 Å². The SMILES string of the molecule is C=CCN1C(=O)C(c2ccc(OCC(C)C)cc2)=C(N(CCOC)CCOC)C1=O. The Hall–Kier alpha value is -2.64. The number of benzene rings is 1. The summed E-state index contributed by atoms with van der Waals surface area (Å²) in [6, 6.07) is 7.28. The molecule has 0 saturated heterocycles. The van der Waals surface area contributed by atoms with Gasteiger partial charge in [0.15, 0.2) is 0 Å². The lowest BCUT2D eigenvalue weighted by Crippen LogP contribution is -2.37. The van der Waals surface area contributed by atoms with E-state index in [1.807, 2.05) is 29.2 Å². The van der Waals surface area contributed by atoms with Crippen molar-refractivity contribution in [2.75, 3.05) is 53.7 Å². The Morgan fingerprint density at radius 2 is 1.63 bits per heavy atom. The molecule has 1 aliphatic rings. The molecule has 0 bridgehead atoms. The van der Waals surface area contributed by atoms with Gasteiger partial charge in [-0.15, -0.1) is 6.58 Å². The van der Waals surface area contributed by atoms with E-state index < -0.39 is 0 Å². The van der Waals surface area contributed by atoms with Crippen molar-refractivity contribution >= 4 is 17.4 Å². The average molecular weight is 417 g/mol. The Kier molecular flexibility index (Phi) is 9.08.